The Kier molecular flexibility index (Phi) is 3.39. The van der Waals surface area contributed by atoms with Crippen LogP contribution in [0.15, 0.2) is 54.6 Å². The zero-order chi connectivity index (χ0) is 13.9. The van der Waals surface area contributed by atoms with Crippen molar-refractivity contribution in [3.8, 4) is 0 Å². The third-order valence-electron chi connectivity index (χ3n) is 3.39. The Hall–Kier alpha value is -2.33. The Morgan fingerprint density at radius 2 is 1.80 bits per heavy atom. The number of hydrogen-bond acceptors (Lipinski definition) is 3. The monoisotopic (exact) mass is 269 g/mol. The van der Waals surface area contributed by atoms with Crippen LogP contribution in [-0.2, 0) is 11.2 Å². The van der Waals surface area contributed by atoms with Gasteiger partial charge in [0.1, 0.15) is 0 Å². The summed E-state index contributed by atoms with van der Waals surface area (Å²) in [7, 11) is 0. The fraction of sp³-hybridized carbons (Fsp3) is 0.188. The molecule has 0 saturated heterocycles. The molecule has 0 saturated carbocycles. The summed E-state index contributed by atoms with van der Waals surface area (Å²) in [6, 6.07) is 16.7. The second kappa shape index (κ2) is 5.35. The molecule has 0 aliphatic heterocycles. The Labute approximate surface area is 117 Å². The summed E-state index contributed by atoms with van der Waals surface area (Å²) in [5.74, 6) is 0. The first-order chi connectivity index (χ1) is 9.74. The second-order valence-corrected chi connectivity index (χ2v) is 4.79. The molecule has 0 bridgehead atoms. The lowest BCUT2D eigenvalue weighted by Gasteiger charge is -2.17. The number of anilines is 1. The van der Waals surface area contributed by atoms with Gasteiger partial charge in [-0.2, -0.15) is 0 Å². The van der Waals surface area contributed by atoms with Gasteiger partial charge in [-0.1, -0.05) is 42.5 Å². The Morgan fingerprint density at radius 1 is 1.10 bits per heavy atom. The van der Waals surface area contributed by atoms with Crippen molar-refractivity contribution < 1.29 is 14.6 Å². The molecule has 0 aromatic heterocycles. The van der Waals surface area contributed by atoms with Gasteiger partial charge >= 0.3 is 6.09 Å². The number of carbonyl (C=O) groups excluding carboxylic acids is 1. The van der Waals surface area contributed by atoms with Gasteiger partial charge < -0.3 is 9.84 Å². The van der Waals surface area contributed by atoms with E-state index < -0.39 is 18.3 Å². The fourth-order valence-corrected chi connectivity index (χ4v) is 2.46. The molecular formula is C16H15NO3. The largest absolute Gasteiger partial charge is 0.438 e. The predicted molar refractivity (Wildman–Crippen MR) is 75.4 cm³/mol. The fourth-order valence-electron chi connectivity index (χ4n) is 2.46. The summed E-state index contributed by atoms with van der Waals surface area (Å²) in [4.78, 5) is 11.9. The van der Waals surface area contributed by atoms with Crippen LogP contribution in [0.4, 0.5) is 10.5 Å². The van der Waals surface area contributed by atoms with Crippen LogP contribution in [0.5, 0.6) is 0 Å². The Morgan fingerprint density at radius 3 is 2.60 bits per heavy atom. The summed E-state index contributed by atoms with van der Waals surface area (Å²) < 4.78 is 5.35. The van der Waals surface area contributed by atoms with E-state index in [0.717, 1.165) is 11.1 Å². The molecule has 1 amide bonds. The third kappa shape index (κ3) is 2.51. The van der Waals surface area contributed by atoms with Crippen LogP contribution in [-0.4, -0.2) is 17.3 Å². The molecule has 20 heavy (non-hydrogen) atoms. The molecule has 1 aliphatic rings. The quantitative estimate of drug-likeness (QED) is 0.881. The molecular weight excluding hydrogens is 254 g/mol. The van der Waals surface area contributed by atoms with Crippen molar-refractivity contribution in [2.45, 2.75) is 18.6 Å². The third-order valence-corrected chi connectivity index (χ3v) is 3.39. The number of carbonyl (C=O) groups is 1. The number of rotatable bonds is 2. The average Bonchev–Trinajstić information content (AvgIpc) is 2.76. The van der Waals surface area contributed by atoms with E-state index in [0.29, 0.717) is 12.1 Å². The van der Waals surface area contributed by atoms with Crippen molar-refractivity contribution in [1.29, 1.82) is 0 Å². The maximum absolute atomic E-state index is 11.9. The topological polar surface area (TPSA) is 58.6 Å². The number of hydrogen-bond donors (Lipinski definition) is 2. The highest BCUT2D eigenvalue weighted by atomic mass is 16.6. The molecule has 2 aromatic rings. The molecule has 2 atom stereocenters. The first-order valence-corrected chi connectivity index (χ1v) is 6.52. The van der Waals surface area contributed by atoms with E-state index in [1.807, 2.05) is 42.5 Å². The van der Waals surface area contributed by atoms with Gasteiger partial charge in [-0.15, -0.1) is 0 Å². The van der Waals surface area contributed by atoms with E-state index in [-0.39, 0.29) is 0 Å². The van der Waals surface area contributed by atoms with Crippen molar-refractivity contribution in [3.63, 3.8) is 0 Å². The molecule has 102 valence electrons. The lowest BCUT2D eigenvalue weighted by molar-refractivity contribution is 0.0190. The molecule has 0 spiro atoms. The van der Waals surface area contributed by atoms with E-state index in [4.69, 9.17) is 4.74 Å². The lowest BCUT2D eigenvalue weighted by Crippen LogP contribution is -2.23. The highest BCUT2D eigenvalue weighted by Gasteiger charge is 2.33. The summed E-state index contributed by atoms with van der Waals surface area (Å²) in [5.41, 5.74) is 2.57. The van der Waals surface area contributed by atoms with Crippen molar-refractivity contribution >= 4 is 11.8 Å². The number of ether oxygens (including phenoxy) is 1. The summed E-state index contributed by atoms with van der Waals surface area (Å²) in [6.07, 6.45) is -1.33. The van der Waals surface area contributed by atoms with E-state index in [9.17, 15) is 9.90 Å². The number of aliphatic hydroxyl groups is 1. The molecule has 2 N–H and O–H groups in total. The predicted octanol–water partition coefficient (Wildman–Crippen LogP) is 2.89. The van der Waals surface area contributed by atoms with Crippen LogP contribution in [0.3, 0.4) is 0 Å². The van der Waals surface area contributed by atoms with Crippen LogP contribution in [0.25, 0.3) is 0 Å². The maximum atomic E-state index is 11.9. The van der Waals surface area contributed by atoms with E-state index >= 15 is 0 Å². The van der Waals surface area contributed by atoms with Crippen molar-refractivity contribution in [2.75, 3.05) is 5.32 Å². The van der Waals surface area contributed by atoms with E-state index in [1.165, 1.54) is 0 Å². The van der Waals surface area contributed by atoms with Gasteiger partial charge in [-0.05, 0) is 23.3 Å². The first-order valence-electron chi connectivity index (χ1n) is 6.52. The zero-order valence-corrected chi connectivity index (χ0v) is 10.8. The number of benzene rings is 2. The van der Waals surface area contributed by atoms with E-state index in [1.54, 1.807) is 12.1 Å². The zero-order valence-electron chi connectivity index (χ0n) is 10.8. The minimum Gasteiger partial charge on any atom is -0.438 e. The van der Waals surface area contributed by atoms with E-state index in [2.05, 4.69) is 5.32 Å². The van der Waals surface area contributed by atoms with Gasteiger partial charge in [0.25, 0.3) is 0 Å². The molecule has 1 aliphatic carbocycles. The highest BCUT2D eigenvalue weighted by molar-refractivity contribution is 5.84. The standard InChI is InChI=1S/C16H15NO3/c18-14-10-11-6-4-5-9-13(11)15(14)20-16(19)17-12-7-2-1-3-8-12/h1-9,14-15,18H,10H2,(H,17,19)/t14-,15+/m1/s1. The van der Waals surface area contributed by atoms with Crippen molar-refractivity contribution in [2.24, 2.45) is 0 Å². The number of fused-ring (bicyclic) bond motifs is 1. The highest BCUT2D eigenvalue weighted by Crippen LogP contribution is 2.34. The van der Waals surface area contributed by atoms with Gasteiger partial charge in [-0.25, -0.2) is 4.79 Å². The Balaban J connectivity index is 1.70. The molecule has 0 heterocycles. The Bertz CT molecular complexity index is 612. The molecule has 4 heteroatoms. The molecule has 0 fully saturated rings. The van der Waals surface area contributed by atoms with Gasteiger partial charge in [0.05, 0.1) is 6.10 Å². The number of amides is 1. The van der Waals surface area contributed by atoms with Gasteiger partial charge in [-0.3, -0.25) is 5.32 Å². The van der Waals surface area contributed by atoms with Crippen molar-refractivity contribution in [1.82, 2.24) is 0 Å². The lowest BCUT2D eigenvalue weighted by atomic mass is 10.1. The molecule has 0 unspecified atom stereocenters. The van der Waals surface area contributed by atoms with Crippen LogP contribution >= 0.6 is 0 Å². The molecule has 2 aromatic carbocycles. The average molecular weight is 269 g/mol. The SMILES string of the molecule is O=C(Nc1ccccc1)O[C@H]1c2ccccc2C[C@H]1O. The summed E-state index contributed by atoms with van der Waals surface area (Å²) in [5, 5.41) is 12.7. The maximum Gasteiger partial charge on any atom is 0.412 e. The smallest absolute Gasteiger partial charge is 0.412 e. The van der Waals surface area contributed by atoms with Gasteiger partial charge in [0, 0.05) is 12.1 Å². The number of nitrogens with one attached hydrogen (secondary N) is 1. The number of aliphatic hydroxyl groups excluding tert-OH is 1. The summed E-state index contributed by atoms with van der Waals surface area (Å²) >= 11 is 0. The second-order valence-electron chi connectivity index (χ2n) is 4.79. The van der Waals surface area contributed by atoms with Crippen LogP contribution < -0.4 is 5.32 Å². The number of para-hydroxylation sites is 1. The summed E-state index contributed by atoms with van der Waals surface area (Å²) in [6.45, 7) is 0. The minimum absolute atomic E-state index is 0.513. The van der Waals surface area contributed by atoms with Crippen LogP contribution in [0, 0.1) is 0 Å². The van der Waals surface area contributed by atoms with Gasteiger partial charge in [0.2, 0.25) is 0 Å². The molecule has 4 nitrogen and oxygen atoms in total. The minimum atomic E-state index is -0.686. The normalized spacial score (nSPS) is 20.2. The van der Waals surface area contributed by atoms with Crippen LogP contribution in [0.2, 0.25) is 0 Å². The van der Waals surface area contributed by atoms with Gasteiger partial charge in [0.15, 0.2) is 6.10 Å². The van der Waals surface area contributed by atoms with Crippen molar-refractivity contribution in [3.05, 3.63) is 65.7 Å². The molecule has 3 rings (SSSR count). The van der Waals surface area contributed by atoms with Crippen LogP contribution in [0.1, 0.15) is 17.2 Å². The first kappa shape index (κ1) is 12.7. The molecule has 0 radical (unpaired) electrons.